The molecule has 0 aliphatic heterocycles. The molecule has 1 aromatic rings. The first kappa shape index (κ1) is 11.6. The number of nitrogens with two attached hydrogens (primary N) is 1. The van der Waals surface area contributed by atoms with Gasteiger partial charge in [0, 0.05) is 0 Å². The second-order valence-corrected chi connectivity index (χ2v) is 3.11. The Kier molecular flexibility index (Phi) is 4.69. The van der Waals surface area contributed by atoms with Gasteiger partial charge in [-0.2, -0.15) is 0 Å². The van der Waals surface area contributed by atoms with Gasteiger partial charge in [0.15, 0.2) is 0 Å². The molecule has 0 aromatic heterocycles. The van der Waals surface area contributed by atoms with Crippen LogP contribution < -0.4 is 10.5 Å². The van der Waals surface area contributed by atoms with Gasteiger partial charge in [-0.1, -0.05) is 24.0 Å². The van der Waals surface area contributed by atoms with Crippen LogP contribution in [0.5, 0.6) is 5.75 Å². The van der Waals surface area contributed by atoms with Crippen molar-refractivity contribution in [1.82, 2.24) is 0 Å². The highest BCUT2D eigenvalue weighted by molar-refractivity contribution is 5.46. The van der Waals surface area contributed by atoms with Crippen LogP contribution in [0.25, 0.3) is 0 Å². The van der Waals surface area contributed by atoms with E-state index in [-0.39, 0.29) is 12.7 Å². The minimum absolute atomic E-state index is 0.0152. The molecule has 0 spiro atoms. The third-order valence-electron chi connectivity index (χ3n) is 1.80. The van der Waals surface area contributed by atoms with Gasteiger partial charge in [0.25, 0.3) is 0 Å². The number of para-hydroxylation sites is 1. The molecular weight excluding hydrogens is 190 g/mol. The first-order chi connectivity index (χ1) is 7.27. The topological polar surface area (TPSA) is 55.5 Å². The molecule has 3 N–H and O–H groups in total. The average molecular weight is 205 g/mol. The van der Waals surface area contributed by atoms with Gasteiger partial charge < -0.3 is 15.6 Å². The molecule has 0 aliphatic rings. The lowest BCUT2D eigenvalue weighted by atomic mass is 10.2. The monoisotopic (exact) mass is 205 g/mol. The number of hydrogen-bond donors (Lipinski definition) is 2. The van der Waals surface area contributed by atoms with E-state index >= 15 is 0 Å². The Hall–Kier alpha value is -1.50. The van der Waals surface area contributed by atoms with Crippen LogP contribution in [-0.4, -0.2) is 24.4 Å². The molecule has 1 rings (SSSR count). The highest BCUT2D eigenvalue weighted by Gasteiger charge is 2.04. The summed E-state index contributed by atoms with van der Waals surface area (Å²) in [5.74, 6) is 6.37. The van der Waals surface area contributed by atoms with Gasteiger partial charge in [0.1, 0.15) is 11.9 Å². The smallest absolute Gasteiger partial charge is 0.135 e. The normalized spacial score (nSPS) is 11.4. The molecule has 0 aliphatic carbocycles. The van der Waals surface area contributed by atoms with Crippen molar-refractivity contribution in [2.75, 3.05) is 13.2 Å². The van der Waals surface area contributed by atoms with Crippen molar-refractivity contribution < 1.29 is 9.84 Å². The summed E-state index contributed by atoms with van der Waals surface area (Å²) in [5, 5.41) is 8.88. The Bertz CT molecular complexity index is 365. The van der Waals surface area contributed by atoms with Crippen LogP contribution in [0.3, 0.4) is 0 Å². The summed E-state index contributed by atoms with van der Waals surface area (Å²) in [6.45, 7) is 2.11. The predicted molar refractivity (Wildman–Crippen MR) is 59.6 cm³/mol. The highest BCUT2D eigenvalue weighted by atomic mass is 16.5. The van der Waals surface area contributed by atoms with Gasteiger partial charge in [0.05, 0.1) is 18.7 Å². The van der Waals surface area contributed by atoms with E-state index in [1.165, 1.54) is 0 Å². The Labute approximate surface area is 89.9 Å². The molecule has 0 amide bonds. The van der Waals surface area contributed by atoms with Crippen LogP contribution in [0.2, 0.25) is 0 Å². The van der Waals surface area contributed by atoms with E-state index < -0.39 is 0 Å². The third-order valence-corrected chi connectivity index (χ3v) is 1.80. The second kappa shape index (κ2) is 6.07. The molecule has 0 radical (unpaired) electrons. The largest absolute Gasteiger partial charge is 0.487 e. The van der Waals surface area contributed by atoms with Crippen LogP contribution in [0.4, 0.5) is 0 Å². The van der Waals surface area contributed by atoms with Crippen molar-refractivity contribution in [3.05, 3.63) is 29.8 Å². The molecule has 3 nitrogen and oxygen atoms in total. The summed E-state index contributed by atoms with van der Waals surface area (Å²) >= 11 is 0. The van der Waals surface area contributed by atoms with Gasteiger partial charge >= 0.3 is 0 Å². The summed E-state index contributed by atoms with van der Waals surface area (Å²) in [4.78, 5) is 0. The van der Waals surface area contributed by atoms with Crippen molar-refractivity contribution in [3.63, 3.8) is 0 Å². The molecule has 3 heteroatoms. The Morgan fingerprint density at radius 2 is 2.20 bits per heavy atom. The lowest BCUT2D eigenvalue weighted by molar-refractivity contribution is 0.129. The van der Waals surface area contributed by atoms with Crippen molar-refractivity contribution in [1.29, 1.82) is 0 Å². The highest BCUT2D eigenvalue weighted by Crippen LogP contribution is 2.17. The molecule has 0 bridgehead atoms. The molecule has 0 fully saturated rings. The van der Waals surface area contributed by atoms with Crippen LogP contribution in [-0.2, 0) is 0 Å². The molecule has 1 atom stereocenters. The summed E-state index contributed by atoms with van der Waals surface area (Å²) in [5.41, 5.74) is 6.09. The van der Waals surface area contributed by atoms with Gasteiger partial charge in [-0.05, 0) is 19.1 Å². The van der Waals surface area contributed by atoms with Crippen LogP contribution in [0.15, 0.2) is 24.3 Å². The maximum absolute atomic E-state index is 8.88. The summed E-state index contributed by atoms with van der Waals surface area (Å²) in [6, 6.07) is 7.44. The number of ether oxygens (including phenoxy) is 1. The maximum atomic E-state index is 8.88. The maximum Gasteiger partial charge on any atom is 0.135 e. The summed E-state index contributed by atoms with van der Waals surface area (Å²) in [7, 11) is 0. The van der Waals surface area contributed by atoms with E-state index in [2.05, 4.69) is 11.8 Å². The standard InChI is InChI=1S/C12H15NO2/c1-10(9-14)15-12-7-3-2-5-11(12)6-4-8-13/h2-3,5,7,10,14H,8-9,13H2,1H3/t10-/m1/s1. The van der Waals surface area contributed by atoms with Crippen molar-refractivity contribution >= 4 is 0 Å². The quantitative estimate of drug-likeness (QED) is 0.716. The lowest BCUT2D eigenvalue weighted by Gasteiger charge is -2.12. The molecule has 0 saturated heterocycles. The number of benzene rings is 1. The fraction of sp³-hybridized carbons (Fsp3) is 0.333. The molecule has 0 saturated carbocycles. The Balaban J connectivity index is 2.86. The van der Waals surface area contributed by atoms with Crippen LogP contribution >= 0.6 is 0 Å². The first-order valence-corrected chi connectivity index (χ1v) is 4.83. The summed E-state index contributed by atoms with van der Waals surface area (Å²) in [6.07, 6.45) is -0.231. The van der Waals surface area contributed by atoms with Gasteiger partial charge in [-0.3, -0.25) is 0 Å². The van der Waals surface area contributed by atoms with E-state index in [1.807, 2.05) is 24.3 Å². The van der Waals surface area contributed by atoms with Crippen molar-refractivity contribution in [2.24, 2.45) is 5.73 Å². The Morgan fingerprint density at radius 3 is 2.87 bits per heavy atom. The fourth-order valence-electron chi connectivity index (χ4n) is 1.07. The zero-order valence-electron chi connectivity index (χ0n) is 8.73. The molecule has 15 heavy (non-hydrogen) atoms. The number of rotatable bonds is 3. The van der Waals surface area contributed by atoms with E-state index in [0.29, 0.717) is 12.3 Å². The number of aliphatic hydroxyl groups excluding tert-OH is 1. The van der Waals surface area contributed by atoms with Gasteiger partial charge in [-0.15, -0.1) is 0 Å². The van der Waals surface area contributed by atoms with Crippen LogP contribution in [0.1, 0.15) is 12.5 Å². The second-order valence-electron chi connectivity index (χ2n) is 3.11. The molecule has 0 unspecified atom stereocenters. The lowest BCUT2D eigenvalue weighted by Crippen LogP contribution is -2.16. The Morgan fingerprint density at radius 1 is 1.47 bits per heavy atom. The van der Waals surface area contributed by atoms with Crippen molar-refractivity contribution in [2.45, 2.75) is 13.0 Å². The molecule has 0 heterocycles. The first-order valence-electron chi connectivity index (χ1n) is 4.83. The van der Waals surface area contributed by atoms with Gasteiger partial charge in [0.2, 0.25) is 0 Å². The third kappa shape index (κ3) is 3.62. The minimum Gasteiger partial charge on any atom is -0.487 e. The van der Waals surface area contributed by atoms with Crippen molar-refractivity contribution in [3.8, 4) is 17.6 Å². The molecule has 80 valence electrons. The average Bonchev–Trinajstić information content (AvgIpc) is 2.28. The van der Waals surface area contributed by atoms with E-state index in [9.17, 15) is 0 Å². The van der Waals surface area contributed by atoms with E-state index in [4.69, 9.17) is 15.6 Å². The molecule has 1 aromatic carbocycles. The SMILES string of the molecule is C[C@H](CO)Oc1ccccc1C#CCN. The minimum atomic E-state index is -0.231. The number of aliphatic hydroxyl groups is 1. The van der Waals surface area contributed by atoms with E-state index in [0.717, 1.165) is 5.56 Å². The molecular formula is C12H15NO2. The van der Waals surface area contributed by atoms with E-state index in [1.54, 1.807) is 6.92 Å². The number of hydrogen-bond acceptors (Lipinski definition) is 3. The van der Waals surface area contributed by atoms with Crippen LogP contribution in [0, 0.1) is 11.8 Å². The van der Waals surface area contributed by atoms with Gasteiger partial charge in [-0.25, -0.2) is 0 Å². The zero-order valence-corrected chi connectivity index (χ0v) is 8.73. The fourth-order valence-corrected chi connectivity index (χ4v) is 1.07. The zero-order chi connectivity index (χ0) is 11.1. The predicted octanol–water partition coefficient (Wildman–Crippen LogP) is 0.756. The summed E-state index contributed by atoms with van der Waals surface area (Å²) < 4.78 is 5.50.